The first kappa shape index (κ1) is 13.3. The summed E-state index contributed by atoms with van der Waals surface area (Å²) < 4.78 is 36.7. The van der Waals surface area contributed by atoms with Crippen molar-refractivity contribution in [2.24, 2.45) is 0 Å². The summed E-state index contributed by atoms with van der Waals surface area (Å²) >= 11 is 7.04. The number of thiol groups is 1. The Bertz CT molecular complexity index is 423. The van der Waals surface area contributed by atoms with Crippen LogP contribution in [0.3, 0.4) is 0 Å². The van der Waals surface area contributed by atoms with Gasteiger partial charge in [-0.05, 0) is 17.7 Å². The molecular formula is C10H6BrF3OS. The molecule has 0 amide bonds. The van der Waals surface area contributed by atoms with Gasteiger partial charge in [0, 0.05) is 15.5 Å². The van der Waals surface area contributed by atoms with E-state index in [0.717, 1.165) is 4.47 Å². The predicted molar refractivity (Wildman–Crippen MR) is 62.2 cm³/mol. The van der Waals surface area contributed by atoms with Crippen LogP contribution in [0.5, 0.6) is 0 Å². The van der Waals surface area contributed by atoms with E-state index in [0.29, 0.717) is 11.6 Å². The highest BCUT2D eigenvalue weighted by Gasteiger charge is 2.36. The molecular weight excluding hydrogens is 305 g/mol. The number of allylic oxidation sites excluding steroid dienone is 1. The van der Waals surface area contributed by atoms with Gasteiger partial charge in [0.15, 0.2) is 0 Å². The van der Waals surface area contributed by atoms with Crippen LogP contribution >= 0.6 is 28.6 Å². The summed E-state index contributed by atoms with van der Waals surface area (Å²) in [7, 11) is 0. The van der Waals surface area contributed by atoms with Crippen molar-refractivity contribution in [2.45, 2.75) is 6.18 Å². The maximum atomic E-state index is 12.0. The Kier molecular flexibility index (Phi) is 4.21. The molecule has 0 aliphatic heterocycles. The maximum absolute atomic E-state index is 12.0. The highest BCUT2D eigenvalue weighted by atomic mass is 79.9. The first-order chi connectivity index (χ1) is 7.30. The molecule has 0 aliphatic rings. The largest absolute Gasteiger partial charge is 0.454 e. The van der Waals surface area contributed by atoms with Gasteiger partial charge in [0.05, 0.1) is 0 Å². The van der Waals surface area contributed by atoms with Crippen LogP contribution in [-0.2, 0) is 4.79 Å². The number of hydrogen-bond acceptors (Lipinski definition) is 2. The van der Waals surface area contributed by atoms with Gasteiger partial charge in [-0.25, -0.2) is 0 Å². The number of benzene rings is 1. The third-order valence-corrected chi connectivity index (χ3v) is 2.60. The molecule has 0 unspecified atom stereocenters. The SMILES string of the molecule is O=C(C=C(S)c1ccc(Br)cc1)C(F)(F)F. The molecule has 0 N–H and O–H groups in total. The third kappa shape index (κ3) is 3.68. The normalized spacial score (nSPS) is 12.7. The molecule has 6 heteroatoms. The molecule has 1 nitrogen and oxygen atoms in total. The van der Waals surface area contributed by atoms with Crippen molar-refractivity contribution < 1.29 is 18.0 Å². The van der Waals surface area contributed by atoms with Crippen LogP contribution in [0.2, 0.25) is 0 Å². The van der Waals surface area contributed by atoms with Crippen LogP contribution in [0.4, 0.5) is 13.2 Å². The molecule has 1 aromatic carbocycles. The van der Waals surface area contributed by atoms with E-state index in [1.165, 1.54) is 0 Å². The second kappa shape index (κ2) is 5.05. The van der Waals surface area contributed by atoms with Crippen molar-refractivity contribution in [3.05, 3.63) is 40.4 Å². The van der Waals surface area contributed by atoms with E-state index in [-0.39, 0.29) is 4.91 Å². The molecule has 1 aromatic rings. The zero-order valence-corrected chi connectivity index (χ0v) is 10.2. The van der Waals surface area contributed by atoms with Gasteiger partial charge >= 0.3 is 6.18 Å². The average molecular weight is 311 g/mol. The number of carbonyl (C=O) groups is 1. The molecule has 0 saturated carbocycles. The van der Waals surface area contributed by atoms with Crippen molar-refractivity contribution in [1.82, 2.24) is 0 Å². The molecule has 0 radical (unpaired) electrons. The van der Waals surface area contributed by atoms with Gasteiger partial charge in [0.1, 0.15) is 0 Å². The maximum Gasteiger partial charge on any atom is 0.454 e. The van der Waals surface area contributed by atoms with E-state index in [4.69, 9.17) is 0 Å². The highest BCUT2D eigenvalue weighted by Crippen LogP contribution is 2.24. The van der Waals surface area contributed by atoms with Crippen LogP contribution in [0.15, 0.2) is 34.8 Å². The van der Waals surface area contributed by atoms with Gasteiger partial charge in [-0.3, -0.25) is 4.79 Å². The van der Waals surface area contributed by atoms with E-state index in [9.17, 15) is 18.0 Å². The minimum atomic E-state index is -4.86. The van der Waals surface area contributed by atoms with Crippen molar-refractivity contribution in [2.75, 3.05) is 0 Å². The zero-order valence-electron chi connectivity index (χ0n) is 7.75. The number of carbonyl (C=O) groups excluding carboxylic acids is 1. The van der Waals surface area contributed by atoms with Gasteiger partial charge in [0.2, 0.25) is 0 Å². The summed E-state index contributed by atoms with van der Waals surface area (Å²) in [4.78, 5) is 10.6. The average Bonchev–Trinajstić information content (AvgIpc) is 2.17. The lowest BCUT2D eigenvalue weighted by Gasteiger charge is -2.03. The number of hydrogen-bond donors (Lipinski definition) is 1. The fraction of sp³-hybridized carbons (Fsp3) is 0.100. The lowest BCUT2D eigenvalue weighted by molar-refractivity contribution is -0.165. The second-order valence-corrected chi connectivity index (χ2v) is 4.30. The van der Waals surface area contributed by atoms with Crippen LogP contribution < -0.4 is 0 Å². The molecule has 0 saturated heterocycles. The summed E-state index contributed by atoms with van der Waals surface area (Å²) in [6.07, 6.45) is -4.39. The fourth-order valence-electron chi connectivity index (χ4n) is 0.910. The molecule has 0 fully saturated rings. The molecule has 0 aromatic heterocycles. The first-order valence-corrected chi connectivity index (χ1v) is 5.32. The summed E-state index contributed by atoms with van der Waals surface area (Å²) in [5.74, 6) is -1.92. The van der Waals surface area contributed by atoms with Crippen LogP contribution in [-0.4, -0.2) is 12.0 Å². The zero-order chi connectivity index (χ0) is 12.3. The summed E-state index contributed by atoms with van der Waals surface area (Å²) in [6, 6.07) is 6.42. The molecule has 0 bridgehead atoms. The Labute approximate surface area is 104 Å². The summed E-state index contributed by atoms with van der Waals surface area (Å²) in [5, 5.41) is 0. The highest BCUT2D eigenvalue weighted by molar-refractivity contribution is 9.10. The Morgan fingerprint density at radius 2 is 1.75 bits per heavy atom. The Balaban J connectivity index is 2.94. The number of rotatable bonds is 2. The lowest BCUT2D eigenvalue weighted by Crippen LogP contribution is -2.20. The monoisotopic (exact) mass is 310 g/mol. The minimum Gasteiger partial charge on any atom is -0.285 e. The van der Waals surface area contributed by atoms with Crippen molar-refractivity contribution >= 4 is 39.2 Å². The van der Waals surface area contributed by atoms with Gasteiger partial charge in [-0.2, -0.15) is 13.2 Å². The quantitative estimate of drug-likeness (QED) is 0.648. The van der Waals surface area contributed by atoms with E-state index in [1.807, 2.05) is 0 Å². The summed E-state index contributed by atoms with van der Waals surface area (Å²) in [6.45, 7) is 0. The molecule has 16 heavy (non-hydrogen) atoms. The van der Waals surface area contributed by atoms with Gasteiger partial charge in [0.25, 0.3) is 5.78 Å². The Morgan fingerprint density at radius 3 is 2.19 bits per heavy atom. The van der Waals surface area contributed by atoms with Gasteiger partial charge in [-0.15, -0.1) is 12.6 Å². The van der Waals surface area contributed by atoms with Crippen molar-refractivity contribution in [3.63, 3.8) is 0 Å². The van der Waals surface area contributed by atoms with Crippen LogP contribution in [0.25, 0.3) is 4.91 Å². The van der Waals surface area contributed by atoms with E-state index < -0.39 is 12.0 Å². The van der Waals surface area contributed by atoms with Crippen LogP contribution in [0.1, 0.15) is 5.56 Å². The number of halogens is 4. The molecule has 1 rings (SSSR count). The third-order valence-electron chi connectivity index (χ3n) is 1.69. The first-order valence-electron chi connectivity index (χ1n) is 4.08. The standard InChI is InChI=1S/C10H6BrF3OS/c11-7-3-1-6(2-4-7)8(16)5-9(15)10(12,13)14/h1-5,16H. The van der Waals surface area contributed by atoms with E-state index >= 15 is 0 Å². The Morgan fingerprint density at radius 1 is 1.25 bits per heavy atom. The van der Waals surface area contributed by atoms with E-state index in [2.05, 4.69) is 28.6 Å². The van der Waals surface area contributed by atoms with Crippen molar-refractivity contribution in [1.29, 1.82) is 0 Å². The molecule has 0 heterocycles. The molecule has 0 aliphatic carbocycles. The minimum absolute atomic E-state index is 0.0187. The van der Waals surface area contributed by atoms with Crippen molar-refractivity contribution in [3.8, 4) is 0 Å². The fourth-order valence-corrected chi connectivity index (χ4v) is 1.44. The van der Waals surface area contributed by atoms with Crippen LogP contribution in [0, 0.1) is 0 Å². The summed E-state index contributed by atoms with van der Waals surface area (Å²) in [5.41, 5.74) is 0.448. The number of ketones is 1. The van der Waals surface area contributed by atoms with Gasteiger partial charge in [-0.1, -0.05) is 28.1 Å². The smallest absolute Gasteiger partial charge is 0.285 e. The second-order valence-electron chi connectivity index (χ2n) is 2.90. The topological polar surface area (TPSA) is 17.1 Å². The molecule has 86 valence electrons. The molecule has 0 atom stereocenters. The van der Waals surface area contributed by atoms with E-state index in [1.54, 1.807) is 24.3 Å². The van der Waals surface area contributed by atoms with Gasteiger partial charge < -0.3 is 0 Å². The predicted octanol–water partition coefficient (Wildman–Crippen LogP) is 3.85. The number of alkyl halides is 3. The Hall–Kier alpha value is -0.750. The molecule has 0 spiro atoms. The lowest BCUT2D eigenvalue weighted by atomic mass is 10.2.